The quantitative estimate of drug-likeness (QED) is 0.656. The lowest BCUT2D eigenvalue weighted by molar-refractivity contribution is -0.144. The third-order valence-electron chi connectivity index (χ3n) is 3.40. The van der Waals surface area contributed by atoms with Crippen LogP contribution in [-0.4, -0.2) is 11.1 Å². The maximum Gasteiger partial charge on any atom is 0.306 e. The molecule has 0 aromatic heterocycles. The van der Waals surface area contributed by atoms with E-state index in [1.165, 1.54) is 0 Å². The van der Waals surface area contributed by atoms with Crippen LogP contribution in [0.4, 0.5) is 0 Å². The molecular weight excluding hydrogens is 152 g/mol. The molecule has 2 nitrogen and oxygen atoms in total. The highest BCUT2D eigenvalue weighted by Gasteiger charge is 2.36. The molecule has 0 aromatic rings. The van der Waals surface area contributed by atoms with Gasteiger partial charge in [-0.25, -0.2) is 0 Å². The van der Waals surface area contributed by atoms with E-state index in [9.17, 15) is 4.79 Å². The normalized spacial score (nSPS) is 34.6. The van der Waals surface area contributed by atoms with E-state index in [1.807, 2.05) is 0 Å². The average molecular weight is 170 g/mol. The molecule has 0 amide bonds. The van der Waals surface area contributed by atoms with Crippen molar-refractivity contribution in [1.29, 1.82) is 0 Å². The average Bonchev–Trinajstić information content (AvgIpc) is 1.94. The van der Waals surface area contributed by atoms with Gasteiger partial charge in [-0.1, -0.05) is 20.8 Å². The predicted molar refractivity (Wildman–Crippen MR) is 47.9 cm³/mol. The molecule has 0 heterocycles. The first kappa shape index (κ1) is 9.56. The summed E-state index contributed by atoms with van der Waals surface area (Å²) in [5.74, 6) is -0.0562. The summed E-state index contributed by atoms with van der Waals surface area (Å²) in [6.45, 7) is 6.57. The smallest absolute Gasteiger partial charge is 0.306 e. The van der Waals surface area contributed by atoms with E-state index >= 15 is 0 Å². The zero-order chi connectivity index (χ0) is 9.35. The van der Waals surface area contributed by atoms with E-state index in [0.717, 1.165) is 19.3 Å². The van der Waals surface area contributed by atoms with Crippen LogP contribution in [0.2, 0.25) is 0 Å². The van der Waals surface area contributed by atoms with Crippen LogP contribution in [0.1, 0.15) is 40.0 Å². The number of aliphatic carboxylic acids is 1. The van der Waals surface area contributed by atoms with Gasteiger partial charge in [0, 0.05) is 0 Å². The zero-order valence-electron chi connectivity index (χ0n) is 8.13. The summed E-state index contributed by atoms with van der Waals surface area (Å²) in [7, 11) is 0. The Bertz CT molecular complexity index is 184. The summed E-state index contributed by atoms with van der Waals surface area (Å²) in [6.07, 6.45) is 2.76. The van der Waals surface area contributed by atoms with Crippen molar-refractivity contribution in [3.05, 3.63) is 0 Å². The monoisotopic (exact) mass is 170 g/mol. The van der Waals surface area contributed by atoms with Crippen molar-refractivity contribution in [1.82, 2.24) is 0 Å². The van der Waals surface area contributed by atoms with Crippen LogP contribution in [0.3, 0.4) is 0 Å². The van der Waals surface area contributed by atoms with Crippen molar-refractivity contribution in [2.75, 3.05) is 0 Å². The van der Waals surface area contributed by atoms with Crippen LogP contribution in [-0.2, 0) is 4.79 Å². The molecule has 2 heteroatoms. The molecular formula is C10H18O2. The van der Waals surface area contributed by atoms with Gasteiger partial charge in [-0.15, -0.1) is 0 Å². The molecule has 0 bridgehead atoms. The molecule has 1 aliphatic rings. The number of hydrogen-bond acceptors (Lipinski definition) is 1. The topological polar surface area (TPSA) is 37.3 Å². The molecule has 2 atom stereocenters. The molecule has 0 aromatic carbocycles. The third kappa shape index (κ3) is 1.79. The Balaban J connectivity index is 2.63. The summed E-state index contributed by atoms with van der Waals surface area (Å²) in [4.78, 5) is 10.7. The number of carbonyl (C=O) groups is 1. The molecule has 0 radical (unpaired) electrons. The molecule has 1 saturated carbocycles. The van der Waals surface area contributed by atoms with Crippen molar-refractivity contribution in [2.24, 2.45) is 17.3 Å². The second-order valence-electron chi connectivity index (χ2n) is 4.71. The van der Waals surface area contributed by atoms with E-state index in [4.69, 9.17) is 5.11 Å². The van der Waals surface area contributed by atoms with Gasteiger partial charge in [0.15, 0.2) is 0 Å². The molecule has 12 heavy (non-hydrogen) atoms. The maximum absolute atomic E-state index is 10.7. The van der Waals surface area contributed by atoms with E-state index in [2.05, 4.69) is 20.8 Å². The number of carboxylic acids is 1. The maximum atomic E-state index is 10.7. The fourth-order valence-corrected chi connectivity index (χ4v) is 1.99. The summed E-state index contributed by atoms with van der Waals surface area (Å²) < 4.78 is 0. The van der Waals surface area contributed by atoms with Gasteiger partial charge in [-0.05, 0) is 30.6 Å². The minimum absolute atomic E-state index is 0.101. The lowest BCUT2D eigenvalue weighted by Crippen LogP contribution is -2.33. The Hall–Kier alpha value is -0.530. The highest BCUT2D eigenvalue weighted by Crippen LogP contribution is 2.42. The van der Waals surface area contributed by atoms with Gasteiger partial charge in [-0.3, -0.25) is 4.79 Å². The zero-order valence-corrected chi connectivity index (χ0v) is 8.13. The van der Waals surface area contributed by atoms with Crippen LogP contribution >= 0.6 is 0 Å². The fraction of sp³-hybridized carbons (Fsp3) is 0.900. The summed E-state index contributed by atoms with van der Waals surface area (Å²) in [5.41, 5.74) is 0.210. The van der Waals surface area contributed by atoms with Crippen molar-refractivity contribution in [2.45, 2.75) is 40.0 Å². The molecule has 2 unspecified atom stereocenters. The SMILES string of the molecule is CC1CCC(C(=O)O)CC1(C)C. The Morgan fingerprint density at radius 3 is 2.42 bits per heavy atom. The van der Waals surface area contributed by atoms with E-state index < -0.39 is 5.97 Å². The highest BCUT2D eigenvalue weighted by atomic mass is 16.4. The van der Waals surface area contributed by atoms with Crippen LogP contribution in [0, 0.1) is 17.3 Å². The Morgan fingerprint density at radius 2 is 2.00 bits per heavy atom. The molecule has 1 fully saturated rings. The number of rotatable bonds is 1. The number of hydrogen-bond donors (Lipinski definition) is 1. The summed E-state index contributed by atoms with van der Waals surface area (Å²) in [5, 5.41) is 8.86. The van der Waals surface area contributed by atoms with Gasteiger partial charge < -0.3 is 5.11 Å². The first-order valence-electron chi connectivity index (χ1n) is 4.66. The van der Waals surface area contributed by atoms with Gasteiger partial charge in [0.25, 0.3) is 0 Å². The Morgan fingerprint density at radius 1 is 1.42 bits per heavy atom. The van der Waals surface area contributed by atoms with Gasteiger partial charge in [-0.2, -0.15) is 0 Å². The van der Waals surface area contributed by atoms with Gasteiger partial charge >= 0.3 is 5.97 Å². The standard InChI is InChI=1S/C10H18O2/c1-7-4-5-8(9(11)12)6-10(7,2)3/h7-8H,4-6H2,1-3H3,(H,11,12). The molecule has 1 rings (SSSR count). The van der Waals surface area contributed by atoms with Crippen LogP contribution in [0.5, 0.6) is 0 Å². The molecule has 0 saturated heterocycles. The molecule has 1 N–H and O–H groups in total. The van der Waals surface area contributed by atoms with Crippen molar-refractivity contribution < 1.29 is 9.90 Å². The summed E-state index contributed by atoms with van der Waals surface area (Å²) >= 11 is 0. The van der Waals surface area contributed by atoms with Gasteiger partial charge in [0.05, 0.1) is 5.92 Å². The van der Waals surface area contributed by atoms with Crippen molar-refractivity contribution in [3.8, 4) is 0 Å². The van der Waals surface area contributed by atoms with Gasteiger partial charge in [0.1, 0.15) is 0 Å². The second-order valence-corrected chi connectivity index (χ2v) is 4.71. The number of carboxylic acid groups (broad SMARTS) is 1. The third-order valence-corrected chi connectivity index (χ3v) is 3.40. The van der Waals surface area contributed by atoms with Gasteiger partial charge in [0.2, 0.25) is 0 Å². The molecule has 70 valence electrons. The van der Waals surface area contributed by atoms with E-state index in [0.29, 0.717) is 5.92 Å². The first-order chi connectivity index (χ1) is 5.43. The Kier molecular flexibility index (Phi) is 2.45. The highest BCUT2D eigenvalue weighted by molar-refractivity contribution is 5.70. The van der Waals surface area contributed by atoms with Crippen LogP contribution in [0.15, 0.2) is 0 Å². The van der Waals surface area contributed by atoms with Crippen LogP contribution < -0.4 is 0 Å². The summed E-state index contributed by atoms with van der Waals surface area (Å²) in [6, 6.07) is 0. The van der Waals surface area contributed by atoms with Crippen molar-refractivity contribution in [3.63, 3.8) is 0 Å². The first-order valence-corrected chi connectivity index (χ1v) is 4.66. The molecule has 1 aliphatic carbocycles. The predicted octanol–water partition coefficient (Wildman–Crippen LogP) is 2.53. The fourth-order valence-electron chi connectivity index (χ4n) is 1.99. The molecule has 0 aliphatic heterocycles. The molecule has 0 spiro atoms. The second kappa shape index (κ2) is 3.08. The largest absolute Gasteiger partial charge is 0.481 e. The van der Waals surface area contributed by atoms with Crippen LogP contribution in [0.25, 0.3) is 0 Å². The minimum atomic E-state index is -0.616. The Labute approximate surface area is 74.0 Å². The lowest BCUT2D eigenvalue weighted by Gasteiger charge is -2.39. The lowest BCUT2D eigenvalue weighted by atomic mass is 9.66. The van der Waals surface area contributed by atoms with E-state index in [-0.39, 0.29) is 11.3 Å². The van der Waals surface area contributed by atoms with Crippen molar-refractivity contribution >= 4 is 5.97 Å². The minimum Gasteiger partial charge on any atom is -0.481 e. The van der Waals surface area contributed by atoms with E-state index in [1.54, 1.807) is 0 Å².